The second-order valence-corrected chi connectivity index (χ2v) is 9.90. The van der Waals surface area contributed by atoms with E-state index >= 15 is 0 Å². The van der Waals surface area contributed by atoms with E-state index in [4.69, 9.17) is 21.4 Å². The summed E-state index contributed by atoms with van der Waals surface area (Å²) in [5.41, 5.74) is 4.40. The first-order valence-corrected chi connectivity index (χ1v) is 13.0. The van der Waals surface area contributed by atoms with Gasteiger partial charge in [-0.25, -0.2) is 9.67 Å². The number of aromatic nitrogens is 3. The lowest BCUT2D eigenvalue weighted by molar-refractivity contribution is -0.385. The van der Waals surface area contributed by atoms with Crippen molar-refractivity contribution in [3.05, 3.63) is 79.3 Å². The Morgan fingerprint density at radius 3 is 2.86 bits per heavy atom. The van der Waals surface area contributed by atoms with E-state index in [9.17, 15) is 14.9 Å². The fourth-order valence-electron chi connectivity index (χ4n) is 4.18. The Hall–Kier alpha value is -3.90. The predicted molar refractivity (Wildman–Crippen MR) is 140 cm³/mol. The van der Waals surface area contributed by atoms with Gasteiger partial charge in [0.05, 0.1) is 10.6 Å². The molecule has 1 N–H and O–H groups in total. The summed E-state index contributed by atoms with van der Waals surface area (Å²) in [5, 5.41) is 20.3. The third-order valence-corrected chi connectivity index (χ3v) is 7.13. The van der Waals surface area contributed by atoms with Gasteiger partial charge in [0.2, 0.25) is 5.91 Å². The summed E-state index contributed by atoms with van der Waals surface area (Å²) in [6, 6.07) is 11.0. The minimum Gasteiger partial charge on any atom is -0.484 e. The van der Waals surface area contributed by atoms with Gasteiger partial charge in [-0.05, 0) is 68.1 Å². The van der Waals surface area contributed by atoms with Crippen LogP contribution in [0.2, 0.25) is 0 Å². The minimum atomic E-state index is -0.429. The first-order valence-electron chi connectivity index (χ1n) is 11.7. The maximum absolute atomic E-state index is 12.6. The molecule has 4 aromatic rings. The van der Waals surface area contributed by atoms with E-state index in [1.807, 2.05) is 6.07 Å². The number of thiazole rings is 1. The van der Waals surface area contributed by atoms with Gasteiger partial charge in [-0.15, -0.1) is 16.4 Å². The zero-order valence-corrected chi connectivity index (χ0v) is 21.6. The fraction of sp³-hybridized carbons (Fsp3) is 0.280. The van der Waals surface area contributed by atoms with Crippen LogP contribution in [0.15, 0.2) is 46.2 Å². The van der Waals surface area contributed by atoms with Gasteiger partial charge < -0.3 is 14.5 Å². The molecule has 0 spiro atoms. The highest BCUT2D eigenvalue weighted by atomic mass is 32.1. The van der Waals surface area contributed by atoms with Crippen LogP contribution in [-0.4, -0.2) is 25.6 Å². The lowest BCUT2D eigenvalue weighted by Gasteiger charge is -2.16. The normalized spacial score (nSPS) is 12.7. The van der Waals surface area contributed by atoms with Crippen LogP contribution in [0.25, 0.3) is 11.3 Å². The van der Waals surface area contributed by atoms with Crippen LogP contribution in [-0.2, 0) is 30.8 Å². The summed E-state index contributed by atoms with van der Waals surface area (Å²) in [6.45, 7) is 1.61. The molecule has 1 aliphatic carbocycles. The number of benzene rings is 2. The van der Waals surface area contributed by atoms with Crippen LogP contribution in [0.5, 0.6) is 5.75 Å². The van der Waals surface area contributed by atoms with E-state index in [1.165, 1.54) is 46.1 Å². The summed E-state index contributed by atoms with van der Waals surface area (Å²) in [7, 11) is 0. The van der Waals surface area contributed by atoms with E-state index in [1.54, 1.807) is 24.4 Å². The Morgan fingerprint density at radius 2 is 2.05 bits per heavy atom. The lowest BCUT2D eigenvalue weighted by atomic mass is 9.92. The Morgan fingerprint density at radius 1 is 1.24 bits per heavy atom. The van der Waals surface area contributed by atoms with Crippen molar-refractivity contribution >= 4 is 40.3 Å². The van der Waals surface area contributed by atoms with Gasteiger partial charge in [-0.1, -0.05) is 18.2 Å². The molecule has 12 heteroatoms. The van der Waals surface area contributed by atoms with Crippen LogP contribution in [0.4, 0.5) is 10.8 Å². The summed E-state index contributed by atoms with van der Waals surface area (Å²) < 4.78 is 12.6. The maximum atomic E-state index is 12.6. The van der Waals surface area contributed by atoms with E-state index in [-0.39, 0.29) is 35.5 Å². The van der Waals surface area contributed by atoms with Crippen LogP contribution >= 0.6 is 23.6 Å². The van der Waals surface area contributed by atoms with E-state index in [2.05, 4.69) is 27.5 Å². The topological polar surface area (TPSA) is 125 Å². The second-order valence-electron chi connectivity index (χ2n) is 8.69. The number of hydrogen-bond acceptors (Lipinski definition) is 9. The van der Waals surface area contributed by atoms with E-state index in [0.717, 1.165) is 18.6 Å². The molecule has 0 saturated heterocycles. The quantitative estimate of drug-likeness (QED) is 0.174. The number of fused-ring (bicyclic) bond motifs is 1. The molecule has 0 unspecified atom stereocenters. The van der Waals surface area contributed by atoms with Gasteiger partial charge in [0.15, 0.2) is 11.7 Å². The molecule has 0 fully saturated rings. The summed E-state index contributed by atoms with van der Waals surface area (Å²) in [4.78, 5) is 27.8. The van der Waals surface area contributed by atoms with Crippen LogP contribution in [0, 0.1) is 21.9 Å². The Kier molecular flexibility index (Phi) is 7.10. The number of aryl methyl sites for hydroxylation is 3. The van der Waals surface area contributed by atoms with Gasteiger partial charge >= 0.3 is 0 Å². The zero-order valence-electron chi connectivity index (χ0n) is 19.9. The number of nitrogens with zero attached hydrogens (tertiary/aromatic N) is 4. The standard InChI is InChI=1S/C25H23N5O5S2/c1-15-6-7-18(11-21(15)30(32)33)20-14-37-24(26-20)27-22(31)12-29-25(36)35-23(28-29)13-34-19-9-8-16-4-2-3-5-17(16)10-19/h6-11,14H,2-5,12-13H2,1H3,(H,26,27,31). The van der Waals surface area contributed by atoms with Crippen LogP contribution in [0.1, 0.15) is 35.4 Å². The number of rotatable bonds is 8. The van der Waals surface area contributed by atoms with Gasteiger partial charge in [0.1, 0.15) is 12.3 Å². The summed E-state index contributed by atoms with van der Waals surface area (Å²) >= 11 is 6.42. The molecule has 5 rings (SSSR count). The molecular weight excluding hydrogens is 514 g/mol. The monoisotopic (exact) mass is 537 g/mol. The number of ether oxygens (including phenoxy) is 1. The van der Waals surface area contributed by atoms with E-state index in [0.29, 0.717) is 22.0 Å². The SMILES string of the molecule is Cc1ccc(-c2csc(NC(=O)Cn3nc(COc4ccc5c(c4)CCCC5)oc3=S)n2)cc1[N+](=O)[O-]. The van der Waals surface area contributed by atoms with Crippen molar-refractivity contribution in [2.45, 2.75) is 45.8 Å². The Bertz CT molecular complexity index is 1540. The van der Waals surface area contributed by atoms with Gasteiger partial charge in [-0.2, -0.15) is 0 Å². The van der Waals surface area contributed by atoms with Gasteiger partial charge in [0.25, 0.3) is 16.4 Å². The number of nitrogens with one attached hydrogen (secondary N) is 1. The highest BCUT2D eigenvalue weighted by Gasteiger charge is 2.16. The smallest absolute Gasteiger partial charge is 0.287 e. The minimum absolute atomic E-state index is 0.0166. The van der Waals surface area contributed by atoms with Gasteiger partial charge in [-0.3, -0.25) is 14.9 Å². The van der Waals surface area contributed by atoms with Crippen molar-refractivity contribution < 1.29 is 18.9 Å². The van der Waals surface area contributed by atoms with Crippen molar-refractivity contribution in [3.63, 3.8) is 0 Å². The number of carbonyl (C=O) groups is 1. The number of amides is 1. The zero-order chi connectivity index (χ0) is 25.9. The van der Waals surface area contributed by atoms with Crippen molar-refractivity contribution in [2.24, 2.45) is 0 Å². The number of carbonyl (C=O) groups excluding carboxylic acids is 1. The third-order valence-electron chi connectivity index (χ3n) is 6.08. The Balaban J connectivity index is 1.19. The number of anilines is 1. The molecule has 0 radical (unpaired) electrons. The predicted octanol–water partition coefficient (Wildman–Crippen LogP) is 5.64. The third kappa shape index (κ3) is 5.75. The van der Waals surface area contributed by atoms with Crippen molar-refractivity contribution in [2.75, 3.05) is 5.32 Å². The molecule has 0 atom stereocenters. The fourth-order valence-corrected chi connectivity index (χ4v) is 5.11. The molecule has 1 aliphatic rings. The highest BCUT2D eigenvalue weighted by Crippen LogP contribution is 2.29. The number of nitro groups is 1. The van der Waals surface area contributed by atoms with E-state index < -0.39 is 4.92 Å². The van der Waals surface area contributed by atoms with Crippen LogP contribution in [0.3, 0.4) is 0 Å². The van der Waals surface area contributed by atoms with Gasteiger partial charge in [0, 0.05) is 22.6 Å². The maximum Gasteiger partial charge on any atom is 0.287 e. The summed E-state index contributed by atoms with van der Waals surface area (Å²) in [6.07, 6.45) is 4.57. The first kappa shape index (κ1) is 24.8. The molecule has 10 nitrogen and oxygen atoms in total. The molecule has 2 aromatic heterocycles. The van der Waals surface area contributed by atoms with Crippen LogP contribution < -0.4 is 10.1 Å². The molecule has 1 amide bonds. The summed E-state index contributed by atoms with van der Waals surface area (Å²) in [5.74, 6) is 0.628. The lowest BCUT2D eigenvalue weighted by Crippen LogP contribution is -2.19. The second kappa shape index (κ2) is 10.6. The van der Waals surface area contributed by atoms with Crippen molar-refractivity contribution in [3.8, 4) is 17.0 Å². The van der Waals surface area contributed by atoms with Crippen molar-refractivity contribution in [1.82, 2.24) is 14.8 Å². The molecule has 0 bridgehead atoms. The largest absolute Gasteiger partial charge is 0.484 e. The number of hydrogen-bond donors (Lipinski definition) is 1. The number of nitro benzene ring substituents is 1. The highest BCUT2D eigenvalue weighted by molar-refractivity contribution is 7.71. The van der Waals surface area contributed by atoms with Crippen molar-refractivity contribution in [1.29, 1.82) is 0 Å². The molecule has 0 saturated carbocycles. The molecule has 190 valence electrons. The molecule has 0 aliphatic heterocycles. The Labute approximate surface area is 221 Å². The molecule has 2 aromatic carbocycles. The average Bonchev–Trinajstić information content (AvgIpc) is 3.48. The molecule has 37 heavy (non-hydrogen) atoms. The first-order chi connectivity index (χ1) is 17.9. The molecule has 2 heterocycles. The average molecular weight is 538 g/mol. The molecular formula is C25H23N5O5S2.